The fraction of sp³-hybridized carbons (Fsp3) is 0.182. The van der Waals surface area contributed by atoms with Crippen LogP contribution in [0.2, 0.25) is 5.02 Å². The molecular weight excluding hydrogens is 289 g/mol. The minimum atomic E-state index is 0.691. The van der Waals surface area contributed by atoms with Gasteiger partial charge in [-0.1, -0.05) is 18.5 Å². The molecule has 0 radical (unpaired) electrons. The summed E-state index contributed by atoms with van der Waals surface area (Å²) >= 11 is 9.44. The largest absolute Gasteiger partial charge is 0.308 e. The Balaban J connectivity index is 2.78. The van der Waals surface area contributed by atoms with Crippen LogP contribution >= 0.6 is 27.5 Å². The molecule has 0 aliphatic carbocycles. The van der Waals surface area contributed by atoms with Crippen molar-refractivity contribution in [2.45, 2.75) is 13.3 Å². The summed E-state index contributed by atoms with van der Waals surface area (Å²) in [5.74, 6) is 6.15. The highest BCUT2D eigenvalue weighted by molar-refractivity contribution is 9.10. The van der Waals surface area contributed by atoms with Gasteiger partial charge < -0.3 is 5.43 Å². The number of nitrogens with zero attached hydrogens (tertiary/aromatic N) is 1. The molecule has 0 spiro atoms. The number of nitrogen functional groups attached to an aromatic ring is 1. The van der Waals surface area contributed by atoms with E-state index in [4.69, 9.17) is 17.4 Å². The van der Waals surface area contributed by atoms with Gasteiger partial charge in [-0.15, -0.1) is 0 Å². The summed E-state index contributed by atoms with van der Waals surface area (Å²) in [6.45, 7) is 2.06. The van der Waals surface area contributed by atoms with Crippen molar-refractivity contribution in [3.8, 4) is 0 Å². The van der Waals surface area contributed by atoms with E-state index >= 15 is 0 Å². The van der Waals surface area contributed by atoms with Crippen LogP contribution in [-0.4, -0.2) is 4.98 Å². The van der Waals surface area contributed by atoms with Crippen molar-refractivity contribution in [1.29, 1.82) is 0 Å². The van der Waals surface area contributed by atoms with Crippen LogP contribution in [0.5, 0.6) is 0 Å². The molecule has 2 aromatic rings. The Morgan fingerprint density at radius 1 is 1.44 bits per heavy atom. The Morgan fingerprint density at radius 3 is 2.81 bits per heavy atom. The van der Waals surface area contributed by atoms with E-state index in [1.165, 1.54) is 0 Å². The number of benzene rings is 1. The maximum atomic E-state index is 6.00. The molecule has 1 aromatic heterocycles. The fourth-order valence-corrected chi connectivity index (χ4v) is 2.57. The van der Waals surface area contributed by atoms with E-state index in [1.54, 1.807) is 0 Å². The normalized spacial score (nSPS) is 10.8. The van der Waals surface area contributed by atoms with Crippen LogP contribution in [0.4, 0.5) is 5.82 Å². The summed E-state index contributed by atoms with van der Waals surface area (Å²) in [7, 11) is 0. The number of aromatic nitrogens is 1. The summed E-state index contributed by atoms with van der Waals surface area (Å²) in [6.07, 6.45) is 0.868. The van der Waals surface area contributed by atoms with Gasteiger partial charge in [0.15, 0.2) is 0 Å². The summed E-state index contributed by atoms with van der Waals surface area (Å²) in [6, 6.07) is 5.77. The van der Waals surface area contributed by atoms with E-state index in [0.717, 1.165) is 27.4 Å². The monoisotopic (exact) mass is 299 g/mol. The lowest BCUT2D eigenvalue weighted by Crippen LogP contribution is -2.11. The van der Waals surface area contributed by atoms with Crippen LogP contribution in [0.3, 0.4) is 0 Å². The molecule has 1 heterocycles. The molecule has 0 saturated heterocycles. The lowest BCUT2D eigenvalue weighted by molar-refractivity contribution is 1.10. The maximum Gasteiger partial charge on any atom is 0.143 e. The third-order valence-corrected chi connectivity index (χ3v) is 3.26. The van der Waals surface area contributed by atoms with Gasteiger partial charge in [-0.25, -0.2) is 10.8 Å². The average molecular weight is 301 g/mol. The molecule has 5 heteroatoms. The number of hydrazine groups is 1. The molecule has 2 rings (SSSR count). The molecule has 3 N–H and O–H groups in total. The summed E-state index contributed by atoms with van der Waals surface area (Å²) in [4.78, 5) is 4.46. The number of rotatable bonds is 2. The van der Waals surface area contributed by atoms with Crippen molar-refractivity contribution in [2.24, 2.45) is 5.84 Å². The molecule has 0 fully saturated rings. The Kier molecular flexibility index (Phi) is 3.33. The first-order valence-electron chi connectivity index (χ1n) is 4.91. The number of aryl methyl sites for hydroxylation is 1. The van der Waals surface area contributed by atoms with Crippen molar-refractivity contribution in [3.05, 3.63) is 33.3 Å². The highest BCUT2D eigenvalue weighted by atomic mass is 79.9. The van der Waals surface area contributed by atoms with Gasteiger partial charge >= 0.3 is 0 Å². The van der Waals surface area contributed by atoms with E-state index < -0.39 is 0 Å². The summed E-state index contributed by atoms with van der Waals surface area (Å²) in [5.41, 5.74) is 4.54. The van der Waals surface area contributed by atoms with Gasteiger partial charge in [0.25, 0.3) is 0 Å². The van der Waals surface area contributed by atoms with Gasteiger partial charge in [-0.2, -0.15) is 0 Å². The Hall–Kier alpha value is -0.840. The minimum Gasteiger partial charge on any atom is -0.308 e. The van der Waals surface area contributed by atoms with Gasteiger partial charge in [0, 0.05) is 14.9 Å². The molecule has 0 atom stereocenters. The number of anilines is 1. The third kappa shape index (κ3) is 2.00. The molecular formula is C11H11BrClN3. The second-order valence-corrected chi connectivity index (χ2v) is 4.74. The SMILES string of the molecule is CCc1cc2cc(Cl)cc(Br)c2nc1NN. The number of fused-ring (bicyclic) bond motifs is 1. The molecule has 16 heavy (non-hydrogen) atoms. The molecule has 0 amide bonds. The van der Waals surface area contributed by atoms with Crippen molar-refractivity contribution < 1.29 is 0 Å². The van der Waals surface area contributed by atoms with Crippen LogP contribution in [0.15, 0.2) is 22.7 Å². The molecule has 0 saturated carbocycles. The molecule has 0 aliphatic rings. The predicted molar refractivity (Wildman–Crippen MR) is 71.6 cm³/mol. The maximum absolute atomic E-state index is 6.00. The van der Waals surface area contributed by atoms with Crippen molar-refractivity contribution in [3.63, 3.8) is 0 Å². The fourth-order valence-electron chi connectivity index (χ4n) is 1.65. The molecule has 84 valence electrons. The highest BCUT2D eigenvalue weighted by Gasteiger charge is 2.08. The van der Waals surface area contributed by atoms with Gasteiger partial charge in [0.2, 0.25) is 0 Å². The number of halogens is 2. The molecule has 0 aliphatic heterocycles. The number of nitrogens with two attached hydrogens (primary N) is 1. The second kappa shape index (κ2) is 4.57. The molecule has 3 nitrogen and oxygen atoms in total. The standard InChI is InChI=1S/C11H11BrClN3/c1-2-6-3-7-4-8(13)5-9(12)10(7)15-11(6)16-14/h3-5H,2,14H2,1H3,(H,15,16). The summed E-state index contributed by atoms with van der Waals surface area (Å²) in [5, 5.41) is 1.70. The number of hydrogen-bond donors (Lipinski definition) is 2. The highest BCUT2D eigenvalue weighted by Crippen LogP contribution is 2.29. The van der Waals surface area contributed by atoms with Crippen molar-refractivity contribution in [2.75, 3.05) is 5.43 Å². The molecule has 1 aromatic carbocycles. The summed E-state index contributed by atoms with van der Waals surface area (Å²) < 4.78 is 0.870. The van der Waals surface area contributed by atoms with Crippen LogP contribution < -0.4 is 11.3 Å². The van der Waals surface area contributed by atoms with Crippen LogP contribution in [0, 0.1) is 0 Å². The zero-order valence-corrected chi connectivity index (χ0v) is 11.1. The van der Waals surface area contributed by atoms with E-state index in [1.807, 2.05) is 18.2 Å². The van der Waals surface area contributed by atoms with Crippen LogP contribution in [-0.2, 0) is 6.42 Å². The average Bonchev–Trinajstić information content (AvgIpc) is 2.27. The van der Waals surface area contributed by atoms with Crippen molar-refractivity contribution >= 4 is 44.3 Å². The van der Waals surface area contributed by atoms with Gasteiger partial charge in [0.1, 0.15) is 5.82 Å². The zero-order valence-electron chi connectivity index (χ0n) is 8.72. The number of pyridine rings is 1. The van der Waals surface area contributed by atoms with Crippen LogP contribution in [0.25, 0.3) is 10.9 Å². The topological polar surface area (TPSA) is 50.9 Å². The van der Waals surface area contributed by atoms with E-state index in [2.05, 4.69) is 33.3 Å². The van der Waals surface area contributed by atoms with E-state index in [-0.39, 0.29) is 0 Å². The Bertz CT molecular complexity index is 542. The zero-order chi connectivity index (χ0) is 11.7. The van der Waals surface area contributed by atoms with E-state index in [0.29, 0.717) is 10.8 Å². The molecule has 0 unspecified atom stereocenters. The second-order valence-electron chi connectivity index (χ2n) is 3.45. The van der Waals surface area contributed by atoms with Gasteiger partial charge in [0.05, 0.1) is 5.52 Å². The first-order valence-corrected chi connectivity index (χ1v) is 6.08. The predicted octanol–water partition coefficient (Wildman–Crippen LogP) is 3.50. The van der Waals surface area contributed by atoms with Crippen molar-refractivity contribution in [1.82, 2.24) is 4.98 Å². The van der Waals surface area contributed by atoms with Gasteiger partial charge in [-0.3, -0.25) is 0 Å². The quantitative estimate of drug-likeness (QED) is 0.659. The smallest absolute Gasteiger partial charge is 0.143 e. The first kappa shape index (κ1) is 11.6. The third-order valence-electron chi connectivity index (χ3n) is 2.43. The molecule has 0 bridgehead atoms. The van der Waals surface area contributed by atoms with E-state index in [9.17, 15) is 0 Å². The lowest BCUT2D eigenvalue weighted by atomic mass is 10.1. The lowest BCUT2D eigenvalue weighted by Gasteiger charge is -2.09. The first-order chi connectivity index (χ1) is 7.65. The van der Waals surface area contributed by atoms with Gasteiger partial charge in [-0.05, 0) is 46.1 Å². The number of hydrogen-bond acceptors (Lipinski definition) is 3. The number of nitrogens with one attached hydrogen (secondary N) is 1. The van der Waals surface area contributed by atoms with Crippen LogP contribution in [0.1, 0.15) is 12.5 Å². The minimum absolute atomic E-state index is 0.691. The Morgan fingerprint density at radius 2 is 2.19 bits per heavy atom. The Labute approximate surface area is 107 Å².